The molecule has 3 heteroatoms. The summed E-state index contributed by atoms with van der Waals surface area (Å²) < 4.78 is 6.09. The average molecular weight is 463 g/mol. The predicted octanol–water partition coefficient (Wildman–Crippen LogP) is 6.85. The maximum absolute atomic E-state index is 9.45. The maximum atomic E-state index is 9.45. The van der Waals surface area contributed by atoms with E-state index in [4.69, 9.17) is 4.74 Å². The van der Waals surface area contributed by atoms with Crippen molar-refractivity contribution in [3.8, 4) is 0 Å². The van der Waals surface area contributed by atoms with Crippen LogP contribution in [0.1, 0.15) is 112 Å². The van der Waals surface area contributed by atoms with Crippen LogP contribution < -0.4 is 0 Å². The number of hydrogen-bond acceptors (Lipinski definition) is 3. The molecule has 0 spiro atoms. The Hall–Kier alpha value is -0.120. The molecule has 0 heterocycles. The van der Waals surface area contributed by atoms with Gasteiger partial charge >= 0.3 is 0 Å². The first-order valence-corrected chi connectivity index (χ1v) is 14.6. The Morgan fingerprint density at radius 3 is 2.21 bits per heavy atom. The Balaban J connectivity index is 1.40. The van der Waals surface area contributed by atoms with Gasteiger partial charge in [0.25, 0.3) is 0 Å². The Bertz CT molecular complexity index is 630. The number of fused-ring (bicyclic) bond motifs is 5. The Labute approximate surface area is 204 Å². The van der Waals surface area contributed by atoms with Gasteiger partial charge in [-0.15, -0.1) is 0 Å². The zero-order valence-corrected chi connectivity index (χ0v) is 22.4. The van der Waals surface area contributed by atoms with Gasteiger partial charge in [0.2, 0.25) is 0 Å². The second kappa shape index (κ2) is 10.5. The van der Waals surface area contributed by atoms with Gasteiger partial charge < -0.3 is 14.9 Å². The normalized spacial score (nSPS) is 43.9. The van der Waals surface area contributed by atoms with Crippen LogP contribution in [-0.2, 0) is 4.74 Å². The summed E-state index contributed by atoms with van der Waals surface area (Å²) in [4.78, 5) is 0. The predicted molar refractivity (Wildman–Crippen MR) is 136 cm³/mol. The zero-order chi connectivity index (χ0) is 23.8. The van der Waals surface area contributed by atoms with E-state index in [1.54, 1.807) is 0 Å². The second-order valence-electron chi connectivity index (χ2n) is 13.7. The molecule has 0 saturated heterocycles. The van der Waals surface area contributed by atoms with Crippen molar-refractivity contribution in [1.82, 2.24) is 0 Å². The fourth-order valence-corrected chi connectivity index (χ4v) is 9.78. The lowest BCUT2D eigenvalue weighted by Crippen LogP contribution is -2.54. The van der Waals surface area contributed by atoms with Crippen molar-refractivity contribution in [2.75, 3.05) is 13.2 Å². The third-order valence-corrected chi connectivity index (χ3v) is 11.6. The van der Waals surface area contributed by atoms with Crippen LogP contribution >= 0.6 is 0 Å². The molecule has 0 aliphatic heterocycles. The van der Waals surface area contributed by atoms with Gasteiger partial charge in [0.05, 0.1) is 19.3 Å². The first kappa shape index (κ1) is 26.0. The number of aliphatic hydroxyl groups is 2. The number of hydrogen-bond donors (Lipinski definition) is 2. The lowest BCUT2D eigenvalue weighted by Gasteiger charge is -2.61. The molecule has 9 atom stereocenters. The first-order valence-electron chi connectivity index (χ1n) is 14.6. The molecule has 4 rings (SSSR count). The lowest BCUT2D eigenvalue weighted by molar-refractivity contribution is -0.152. The van der Waals surface area contributed by atoms with E-state index in [0.29, 0.717) is 10.8 Å². The first-order chi connectivity index (χ1) is 15.7. The average Bonchev–Trinajstić information content (AvgIpc) is 3.14. The Kier molecular flexibility index (Phi) is 8.24. The van der Waals surface area contributed by atoms with E-state index < -0.39 is 6.10 Å². The monoisotopic (exact) mass is 462 g/mol. The molecule has 4 aliphatic rings. The summed E-state index contributed by atoms with van der Waals surface area (Å²) in [5.41, 5.74) is 1.05. The van der Waals surface area contributed by atoms with Gasteiger partial charge in [-0.25, -0.2) is 0 Å². The van der Waals surface area contributed by atoms with E-state index in [1.165, 1.54) is 64.2 Å². The van der Waals surface area contributed by atoms with Crippen LogP contribution in [0, 0.1) is 52.3 Å². The molecular weight excluding hydrogens is 408 g/mol. The molecular formula is C30H54O3. The topological polar surface area (TPSA) is 49.7 Å². The van der Waals surface area contributed by atoms with E-state index in [9.17, 15) is 10.2 Å². The van der Waals surface area contributed by atoms with Gasteiger partial charge in [0.1, 0.15) is 6.10 Å². The molecule has 0 aromatic carbocycles. The van der Waals surface area contributed by atoms with Gasteiger partial charge in [0.15, 0.2) is 0 Å². The molecule has 0 aromatic heterocycles. The van der Waals surface area contributed by atoms with Gasteiger partial charge in [-0.2, -0.15) is 0 Å². The van der Waals surface area contributed by atoms with E-state index in [1.807, 2.05) is 0 Å². The minimum Gasteiger partial charge on any atom is -0.394 e. The molecule has 192 valence electrons. The molecule has 33 heavy (non-hydrogen) atoms. The third kappa shape index (κ3) is 4.94. The van der Waals surface area contributed by atoms with Crippen LogP contribution in [0.15, 0.2) is 0 Å². The van der Waals surface area contributed by atoms with Crippen molar-refractivity contribution < 1.29 is 14.9 Å². The molecule has 0 amide bonds. The highest BCUT2D eigenvalue weighted by Crippen LogP contribution is 2.68. The highest BCUT2D eigenvalue weighted by Gasteiger charge is 2.60. The van der Waals surface area contributed by atoms with Gasteiger partial charge in [-0.1, -0.05) is 53.9 Å². The van der Waals surface area contributed by atoms with Crippen LogP contribution in [0.4, 0.5) is 0 Å². The van der Waals surface area contributed by atoms with Crippen LogP contribution in [0.25, 0.3) is 0 Å². The number of ether oxygens (including phenoxy) is 1. The summed E-state index contributed by atoms with van der Waals surface area (Å²) in [7, 11) is 0. The van der Waals surface area contributed by atoms with Crippen molar-refractivity contribution >= 4 is 0 Å². The SMILES string of the molecule is CC(C)CCC[C@@H](C)[C@H]1CC[C@H]2[C@@H]3CC[C@@H]4C[C@@H](OC(CO)CO)CC[C@]4(C)[C@H]3CC[C@]12C. The Morgan fingerprint density at radius 1 is 0.818 bits per heavy atom. The molecule has 0 bridgehead atoms. The third-order valence-electron chi connectivity index (χ3n) is 11.6. The maximum Gasteiger partial charge on any atom is 0.104 e. The standard InChI is InChI=1S/C30H54O3/c1-20(2)7-6-8-21(3)26-11-12-27-25-10-9-22-17-23(33-24(18-31)19-32)13-15-29(22,4)28(25)14-16-30(26,27)5/h20-28,31-32H,6-19H2,1-5H3/t21-,22-,23+,25+,26-,27+,28+,29+,30-/m1/s1. The van der Waals surface area contributed by atoms with Crippen molar-refractivity contribution in [3.05, 3.63) is 0 Å². The van der Waals surface area contributed by atoms with E-state index in [-0.39, 0.29) is 19.3 Å². The van der Waals surface area contributed by atoms with Crippen LogP contribution in [0.3, 0.4) is 0 Å². The van der Waals surface area contributed by atoms with E-state index in [2.05, 4.69) is 34.6 Å². The second-order valence-corrected chi connectivity index (χ2v) is 13.7. The molecule has 4 fully saturated rings. The van der Waals surface area contributed by atoms with Gasteiger partial charge in [0, 0.05) is 0 Å². The quantitative estimate of drug-likeness (QED) is 0.394. The summed E-state index contributed by atoms with van der Waals surface area (Å²) >= 11 is 0. The molecule has 4 saturated carbocycles. The smallest absolute Gasteiger partial charge is 0.104 e. The van der Waals surface area contributed by atoms with E-state index in [0.717, 1.165) is 54.3 Å². The number of aliphatic hydroxyl groups excluding tert-OH is 2. The van der Waals surface area contributed by atoms with Gasteiger partial charge in [-0.05, 0) is 110 Å². The zero-order valence-electron chi connectivity index (χ0n) is 22.4. The summed E-state index contributed by atoms with van der Waals surface area (Å²) in [6.45, 7) is 12.5. The summed E-state index contributed by atoms with van der Waals surface area (Å²) in [5.74, 6) is 6.23. The molecule has 3 nitrogen and oxygen atoms in total. The highest BCUT2D eigenvalue weighted by atomic mass is 16.5. The summed E-state index contributed by atoms with van der Waals surface area (Å²) in [5, 5.41) is 18.9. The van der Waals surface area contributed by atoms with Crippen molar-refractivity contribution in [3.63, 3.8) is 0 Å². The summed E-state index contributed by atoms with van der Waals surface area (Å²) in [6, 6.07) is 0. The van der Waals surface area contributed by atoms with Crippen molar-refractivity contribution in [2.45, 2.75) is 124 Å². The summed E-state index contributed by atoms with van der Waals surface area (Å²) in [6.07, 6.45) is 16.2. The largest absolute Gasteiger partial charge is 0.394 e. The molecule has 4 aliphatic carbocycles. The molecule has 0 radical (unpaired) electrons. The number of rotatable bonds is 9. The van der Waals surface area contributed by atoms with Crippen molar-refractivity contribution in [2.24, 2.45) is 52.3 Å². The fourth-order valence-electron chi connectivity index (χ4n) is 9.78. The van der Waals surface area contributed by atoms with Crippen molar-refractivity contribution in [1.29, 1.82) is 0 Å². The lowest BCUT2D eigenvalue weighted by atomic mass is 9.44. The molecule has 2 N–H and O–H groups in total. The van der Waals surface area contributed by atoms with Crippen LogP contribution in [0.5, 0.6) is 0 Å². The molecule has 0 unspecified atom stereocenters. The highest BCUT2D eigenvalue weighted by molar-refractivity contribution is 5.09. The minimum atomic E-state index is -0.399. The van der Waals surface area contributed by atoms with Gasteiger partial charge in [-0.3, -0.25) is 0 Å². The van der Waals surface area contributed by atoms with E-state index >= 15 is 0 Å². The van der Waals surface area contributed by atoms with Crippen LogP contribution in [0.2, 0.25) is 0 Å². The Morgan fingerprint density at radius 2 is 1.52 bits per heavy atom. The van der Waals surface area contributed by atoms with Crippen LogP contribution in [-0.4, -0.2) is 35.6 Å². The molecule has 0 aromatic rings. The minimum absolute atomic E-state index is 0.0725. The fraction of sp³-hybridized carbons (Fsp3) is 1.00.